The molecule has 0 nitrogen and oxygen atoms in total. The molecule has 4 aromatic rings. The molecule has 2 atom stereocenters. The van der Waals surface area contributed by atoms with Gasteiger partial charge in [-0.3, -0.25) is 0 Å². The summed E-state index contributed by atoms with van der Waals surface area (Å²) in [7, 11) is 0.808. The van der Waals surface area contributed by atoms with Crippen LogP contribution in [0.1, 0.15) is 50.1 Å². The van der Waals surface area contributed by atoms with Gasteiger partial charge >= 0.3 is 37.7 Å². The molecule has 2 radical (unpaired) electrons. The summed E-state index contributed by atoms with van der Waals surface area (Å²) in [5, 5.41) is 0. The number of benzene rings is 4. The number of allylic oxidation sites excluding steroid dienone is 2. The number of rotatable bonds is 6. The van der Waals surface area contributed by atoms with Gasteiger partial charge in [0.25, 0.3) is 0 Å². The van der Waals surface area contributed by atoms with Crippen molar-refractivity contribution < 1.29 is 40.6 Å². The van der Waals surface area contributed by atoms with Crippen LogP contribution in [-0.4, -0.2) is 9.52 Å². The molecule has 0 bridgehead atoms. The van der Waals surface area contributed by atoms with Gasteiger partial charge in [0.15, 0.2) is 0 Å². The van der Waals surface area contributed by atoms with Gasteiger partial charge in [-0.2, -0.15) is 0 Å². The average molecular weight is 483 g/mol. The summed E-state index contributed by atoms with van der Waals surface area (Å²) < 4.78 is 0. The molecule has 174 valence electrons. The van der Waals surface area contributed by atoms with Crippen molar-refractivity contribution in [3.05, 3.63) is 154 Å². The van der Waals surface area contributed by atoms with Crippen LogP contribution in [-0.2, 0) is 10.8 Å². The van der Waals surface area contributed by atoms with Crippen molar-refractivity contribution in [2.75, 3.05) is 0 Å². The van der Waals surface area contributed by atoms with E-state index >= 15 is 0 Å². The first kappa shape index (κ1) is 27.8. The Kier molecular flexibility index (Phi) is 8.45. The van der Waals surface area contributed by atoms with Crippen molar-refractivity contribution in [2.24, 2.45) is 0 Å². The monoisotopic (exact) mass is 482 g/mol. The minimum Gasteiger partial charge on any atom is -1.00 e. The van der Waals surface area contributed by atoms with E-state index in [4.69, 9.17) is 0 Å². The van der Waals surface area contributed by atoms with E-state index in [0.29, 0.717) is 0 Å². The van der Waals surface area contributed by atoms with Crippen molar-refractivity contribution in [3.63, 3.8) is 0 Å². The van der Waals surface area contributed by atoms with E-state index in [0.717, 1.165) is 21.6 Å². The smallest absolute Gasteiger partial charge is 1.00 e. The molecule has 0 saturated carbocycles. The average Bonchev–Trinajstić information content (AvgIpc) is 3.36. The largest absolute Gasteiger partial charge is 1.00 e. The molecule has 37 heavy (non-hydrogen) atoms. The van der Waals surface area contributed by atoms with E-state index < -0.39 is 0 Å². The van der Waals surface area contributed by atoms with Crippen LogP contribution in [0.5, 0.6) is 0 Å². The Morgan fingerprint density at radius 1 is 0.514 bits per heavy atom. The van der Waals surface area contributed by atoms with E-state index in [1.165, 1.54) is 44.5 Å². The van der Waals surface area contributed by atoms with Gasteiger partial charge in [-0.05, 0) is 59.3 Å². The van der Waals surface area contributed by atoms with E-state index in [-0.39, 0.29) is 51.4 Å². The zero-order chi connectivity index (χ0) is 23.9. The number of hydrogen-bond acceptors (Lipinski definition) is 0. The van der Waals surface area contributed by atoms with Gasteiger partial charge in [0, 0.05) is 20.3 Å². The van der Waals surface area contributed by atoms with Crippen LogP contribution in [0.4, 0.5) is 0 Å². The predicted octanol–water partition coefficient (Wildman–Crippen LogP) is 2.57. The molecular formula is C34H32Li2Si. The fourth-order valence-corrected chi connectivity index (χ4v) is 8.71. The maximum Gasteiger partial charge on any atom is 1.00 e. The quantitative estimate of drug-likeness (QED) is 0.371. The normalized spacial score (nSPS) is 21.1. The second-order valence-electron chi connectivity index (χ2n) is 9.98. The molecule has 3 heteroatoms. The SMILES string of the molecule is CC1=Cc2ccccc2C1(C[Si]CC1(c2ccccc2)C(C)=Cc2ccccc21)c1ccccc1.[H-].[H-].[Li+].[Li+]. The molecule has 2 unspecified atom stereocenters. The molecule has 0 heterocycles. The van der Waals surface area contributed by atoms with Crippen molar-refractivity contribution in [1.82, 2.24) is 0 Å². The predicted molar refractivity (Wildman–Crippen MR) is 152 cm³/mol. The molecule has 0 fully saturated rings. The Morgan fingerprint density at radius 3 is 1.27 bits per heavy atom. The summed E-state index contributed by atoms with van der Waals surface area (Å²) in [6.45, 7) is 4.67. The molecule has 4 aromatic carbocycles. The molecule has 2 aliphatic rings. The van der Waals surface area contributed by atoms with Gasteiger partial charge in [-0.1, -0.05) is 132 Å². The fraction of sp³-hybridized carbons (Fsp3) is 0.176. The van der Waals surface area contributed by atoms with E-state index in [1.807, 2.05) is 0 Å². The van der Waals surface area contributed by atoms with E-state index in [9.17, 15) is 0 Å². The van der Waals surface area contributed by atoms with Crippen molar-refractivity contribution in [3.8, 4) is 0 Å². The Hall–Kier alpha value is -2.23. The van der Waals surface area contributed by atoms with Crippen LogP contribution in [0.2, 0.25) is 12.1 Å². The summed E-state index contributed by atoms with van der Waals surface area (Å²) in [5.74, 6) is 0. The van der Waals surface area contributed by atoms with Crippen LogP contribution in [0.15, 0.2) is 120 Å². The van der Waals surface area contributed by atoms with Crippen LogP contribution >= 0.6 is 0 Å². The molecule has 0 saturated heterocycles. The number of hydrogen-bond donors (Lipinski definition) is 0. The second kappa shape index (κ2) is 11.3. The molecule has 0 spiro atoms. The minimum absolute atomic E-state index is 0. The van der Waals surface area contributed by atoms with Crippen LogP contribution in [0.25, 0.3) is 12.2 Å². The van der Waals surface area contributed by atoms with Gasteiger partial charge in [-0.15, -0.1) is 0 Å². The molecule has 0 amide bonds. The summed E-state index contributed by atoms with van der Waals surface area (Å²) in [6.07, 6.45) is 4.83. The summed E-state index contributed by atoms with van der Waals surface area (Å²) >= 11 is 0. The minimum atomic E-state index is -0.0517. The Labute approximate surface area is 251 Å². The zero-order valence-electron chi connectivity index (χ0n) is 24.5. The molecule has 0 aromatic heterocycles. The molecular weight excluding hydrogens is 450 g/mol. The Balaban J connectivity index is 0.00000133. The molecule has 2 aliphatic carbocycles. The third kappa shape index (κ3) is 4.43. The van der Waals surface area contributed by atoms with Gasteiger partial charge in [0.1, 0.15) is 0 Å². The van der Waals surface area contributed by atoms with Crippen LogP contribution in [0, 0.1) is 0 Å². The van der Waals surface area contributed by atoms with E-state index in [1.54, 1.807) is 0 Å². The Bertz CT molecular complexity index is 1340. The fourth-order valence-electron chi connectivity index (χ4n) is 6.48. The maximum atomic E-state index is 2.41. The van der Waals surface area contributed by atoms with E-state index in [2.05, 4.69) is 135 Å². The third-order valence-corrected chi connectivity index (χ3v) is 9.81. The first-order chi connectivity index (χ1) is 17.2. The first-order valence-corrected chi connectivity index (χ1v) is 14.0. The maximum absolute atomic E-state index is 2.41. The van der Waals surface area contributed by atoms with Crippen LogP contribution < -0.4 is 37.7 Å². The molecule has 0 aliphatic heterocycles. The van der Waals surface area contributed by atoms with Gasteiger partial charge in [-0.25, -0.2) is 0 Å². The van der Waals surface area contributed by atoms with Gasteiger partial charge in [0.2, 0.25) is 0 Å². The summed E-state index contributed by atoms with van der Waals surface area (Å²) in [6, 6.07) is 42.6. The van der Waals surface area contributed by atoms with Crippen molar-refractivity contribution >= 4 is 21.7 Å². The standard InChI is InChI=1S/C34H30Si.2Li.2H/c1-25-21-27-13-9-11-19-31(27)33(25,29-15-5-3-6-16-29)23-35-24-34(30-17-7-4-8-18-30)26(2)22-28-14-10-12-20-32(28)34;;;;/h3-22H,23-24H2,1-2H3;;;;/q;2*+1;2*-1. The number of fused-ring (bicyclic) bond motifs is 2. The topological polar surface area (TPSA) is 0 Å². The van der Waals surface area contributed by atoms with Gasteiger partial charge in [0.05, 0.1) is 0 Å². The van der Waals surface area contributed by atoms with Crippen molar-refractivity contribution in [1.29, 1.82) is 0 Å². The first-order valence-electron chi connectivity index (χ1n) is 12.5. The zero-order valence-corrected chi connectivity index (χ0v) is 23.5. The Morgan fingerprint density at radius 2 is 0.865 bits per heavy atom. The second-order valence-corrected chi connectivity index (χ2v) is 11.2. The van der Waals surface area contributed by atoms with Crippen LogP contribution in [0.3, 0.4) is 0 Å². The summed E-state index contributed by atoms with van der Waals surface area (Å²) in [5.41, 5.74) is 11.3. The third-order valence-electron chi connectivity index (χ3n) is 8.25. The molecule has 0 N–H and O–H groups in total. The van der Waals surface area contributed by atoms with Gasteiger partial charge < -0.3 is 2.85 Å². The summed E-state index contributed by atoms with van der Waals surface area (Å²) in [4.78, 5) is 0. The van der Waals surface area contributed by atoms with Crippen molar-refractivity contribution in [2.45, 2.75) is 36.8 Å². The molecule has 6 rings (SSSR count).